The number of aromatic nitrogens is 5. The molecule has 170 valence electrons. The van der Waals surface area contributed by atoms with Gasteiger partial charge in [0.15, 0.2) is 0 Å². The Morgan fingerprint density at radius 3 is 2.68 bits per heavy atom. The van der Waals surface area contributed by atoms with E-state index < -0.39 is 0 Å². The van der Waals surface area contributed by atoms with Gasteiger partial charge in [-0.05, 0) is 68.5 Å². The molecule has 1 fully saturated rings. The lowest BCUT2D eigenvalue weighted by Crippen LogP contribution is -2.35. The average Bonchev–Trinajstić information content (AvgIpc) is 3.47. The number of piperidine rings is 1. The standard InChI is InChI=1S/C27H26N6O/c1-17-6-8-28-18(2)25(17)20-12-21-22(15-30-26(21)29-14-20)19-7-11-33-24(13-19)23(16-31-33)27(34)32-9-4-3-5-10-32/h6-8,11-16H,3-5,9-10H2,1-2H3,(H,29,30). The highest BCUT2D eigenvalue weighted by Crippen LogP contribution is 2.33. The van der Waals surface area contributed by atoms with Gasteiger partial charge in [0, 0.05) is 65.6 Å². The highest BCUT2D eigenvalue weighted by molar-refractivity contribution is 6.02. The number of hydrogen-bond acceptors (Lipinski definition) is 4. The monoisotopic (exact) mass is 450 g/mol. The molecule has 1 saturated heterocycles. The Morgan fingerprint density at radius 2 is 1.85 bits per heavy atom. The number of carbonyl (C=O) groups is 1. The Hall–Kier alpha value is -4.00. The number of pyridine rings is 3. The van der Waals surface area contributed by atoms with E-state index in [0.29, 0.717) is 5.56 Å². The molecule has 0 unspecified atom stereocenters. The van der Waals surface area contributed by atoms with Crippen molar-refractivity contribution >= 4 is 22.5 Å². The van der Waals surface area contributed by atoms with E-state index in [1.165, 1.54) is 12.0 Å². The van der Waals surface area contributed by atoms with E-state index in [4.69, 9.17) is 0 Å². The maximum Gasteiger partial charge on any atom is 0.257 e. The lowest BCUT2D eigenvalue weighted by molar-refractivity contribution is 0.0726. The number of amides is 1. The normalized spacial score (nSPS) is 14.2. The molecule has 5 aromatic rings. The molecule has 7 nitrogen and oxygen atoms in total. The summed E-state index contributed by atoms with van der Waals surface area (Å²) in [6.07, 6.45) is 12.7. The van der Waals surface area contributed by atoms with Gasteiger partial charge in [-0.1, -0.05) is 0 Å². The maximum atomic E-state index is 13.2. The second kappa shape index (κ2) is 8.09. The van der Waals surface area contributed by atoms with Gasteiger partial charge in [0.25, 0.3) is 5.91 Å². The fraction of sp³-hybridized carbons (Fsp3) is 0.259. The van der Waals surface area contributed by atoms with Crippen LogP contribution in [0.4, 0.5) is 0 Å². The minimum atomic E-state index is 0.0669. The first-order valence-corrected chi connectivity index (χ1v) is 11.8. The number of aryl methyl sites for hydroxylation is 2. The number of rotatable bonds is 3. The van der Waals surface area contributed by atoms with Crippen molar-refractivity contribution in [2.24, 2.45) is 0 Å². The molecule has 1 amide bonds. The van der Waals surface area contributed by atoms with E-state index in [1.807, 2.05) is 48.7 Å². The molecule has 6 rings (SSSR count). The van der Waals surface area contributed by atoms with E-state index in [9.17, 15) is 4.79 Å². The second-order valence-electron chi connectivity index (χ2n) is 9.07. The molecular weight excluding hydrogens is 424 g/mol. The minimum absolute atomic E-state index is 0.0669. The summed E-state index contributed by atoms with van der Waals surface area (Å²) < 4.78 is 1.78. The summed E-state index contributed by atoms with van der Waals surface area (Å²) >= 11 is 0. The Labute approximate surface area is 197 Å². The van der Waals surface area contributed by atoms with Crippen LogP contribution in [0.25, 0.3) is 38.8 Å². The first kappa shape index (κ1) is 20.6. The maximum absolute atomic E-state index is 13.2. The topological polar surface area (TPSA) is 79.2 Å². The quantitative estimate of drug-likeness (QED) is 0.411. The lowest BCUT2D eigenvalue weighted by atomic mass is 9.98. The number of nitrogens with zero attached hydrogens (tertiary/aromatic N) is 5. The van der Waals surface area contributed by atoms with Gasteiger partial charge in [0.1, 0.15) is 5.65 Å². The largest absolute Gasteiger partial charge is 0.346 e. The van der Waals surface area contributed by atoms with Gasteiger partial charge in [0.2, 0.25) is 0 Å². The number of likely N-dealkylation sites (tertiary alicyclic amines) is 1. The van der Waals surface area contributed by atoms with Gasteiger partial charge in [-0.25, -0.2) is 9.50 Å². The minimum Gasteiger partial charge on any atom is -0.346 e. The second-order valence-corrected chi connectivity index (χ2v) is 9.07. The summed E-state index contributed by atoms with van der Waals surface area (Å²) in [7, 11) is 0. The Balaban J connectivity index is 1.45. The van der Waals surface area contributed by atoms with Crippen molar-refractivity contribution in [3.63, 3.8) is 0 Å². The summed E-state index contributed by atoms with van der Waals surface area (Å²) in [6, 6.07) is 8.29. The van der Waals surface area contributed by atoms with Crippen LogP contribution in [0.15, 0.2) is 55.2 Å². The summed E-state index contributed by atoms with van der Waals surface area (Å²) in [4.78, 5) is 27.6. The molecule has 6 heterocycles. The third-order valence-corrected chi connectivity index (χ3v) is 6.87. The molecule has 1 N–H and O–H groups in total. The van der Waals surface area contributed by atoms with E-state index in [1.54, 1.807) is 10.7 Å². The fourth-order valence-corrected chi connectivity index (χ4v) is 5.09. The van der Waals surface area contributed by atoms with Crippen LogP contribution in [0.2, 0.25) is 0 Å². The molecule has 1 aliphatic heterocycles. The number of carbonyl (C=O) groups excluding carboxylic acids is 1. The van der Waals surface area contributed by atoms with Crippen LogP contribution in [0.1, 0.15) is 40.9 Å². The number of nitrogens with one attached hydrogen (secondary N) is 1. The van der Waals surface area contributed by atoms with Gasteiger partial charge in [-0.15, -0.1) is 0 Å². The van der Waals surface area contributed by atoms with Crippen molar-refractivity contribution in [1.82, 2.24) is 29.5 Å². The lowest BCUT2D eigenvalue weighted by Gasteiger charge is -2.26. The van der Waals surface area contributed by atoms with Crippen LogP contribution in [0.3, 0.4) is 0 Å². The third-order valence-electron chi connectivity index (χ3n) is 6.87. The summed E-state index contributed by atoms with van der Waals surface area (Å²) in [5.74, 6) is 0.0669. The molecule has 0 radical (unpaired) electrons. The molecule has 0 aliphatic carbocycles. The Kier molecular flexibility index (Phi) is 4.90. The van der Waals surface area contributed by atoms with Crippen LogP contribution < -0.4 is 0 Å². The van der Waals surface area contributed by atoms with Crippen molar-refractivity contribution in [3.8, 4) is 22.3 Å². The van der Waals surface area contributed by atoms with Crippen molar-refractivity contribution in [2.75, 3.05) is 13.1 Å². The van der Waals surface area contributed by atoms with Gasteiger partial charge < -0.3 is 9.88 Å². The molecule has 0 aromatic carbocycles. The van der Waals surface area contributed by atoms with Crippen LogP contribution in [-0.4, -0.2) is 48.5 Å². The highest BCUT2D eigenvalue weighted by Gasteiger charge is 2.22. The molecule has 34 heavy (non-hydrogen) atoms. The molecule has 1 aliphatic rings. The molecule has 0 bridgehead atoms. The van der Waals surface area contributed by atoms with Crippen LogP contribution in [0, 0.1) is 13.8 Å². The first-order chi connectivity index (χ1) is 16.6. The number of hydrogen-bond donors (Lipinski definition) is 1. The smallest absolute Gasteiger partial charge is 0.257 e. The Bertz CT molecular complexity index is 1520. The third kappa shape index (κ3) is 3.36. The zero-order valence-electron chi connectivity index (χ0n) is 19.4. The van der Waals surface area contributed by atoms with Crippen molar-refractivity contribution in [2.45, 2.75) is 33.1 Å². The molecule has 0 atom stereocenters. The number of fused-ring (bicyclic) bond motifs is 2. The van der Waals surface area contributed by atoms with E-state index in [0.717, 1.165) is 70.4 Å². The molecule has 5 aromatic heterocycles. The average molecular weight is 451 g/mol. The number of H-pyrrole nitrogens is 1. The van der Waals surface area contributed by atoms with Gasteiger partial charge in [-0.3, -0.25) is 9.78 Å². The molecule has 7 heteroatoms. The van der Waals surface area contributed by atoms with Crippen LogP contribution >= 0.6 is 0 Å². The van der Waals surface area contributed by atoms with Gasteiger partial charge in [-0.2, -0.15) is 5.10 Å². The summed E-state index contributed by atoms with van der Waals surface area (Å²) in [6.45, 7) is 5.76. The van der Waals surface area contributed by atoms with Crippen LogP contribution in [0.5, 0.6) is 0 Å². The fourth-order valence-electron chi connectivity index (χ4n) is 5.09. The van der Waals surface area contributed by atoms with Gasteiger partial charge >= 0.3 is 0 Å². The van der Waals surface area contributed by atoms with E-state index in [-0.39, 0.29) is 5.91 Å². The first-order valence-electron chi connectivity index (χ1n) is 11.8. The summed E-state index contributed by atoms with van der Waals surface area (Å²) in [5.41, 5.74) is 8.69. The predicted molar refractivity (Wildman–Crippen MR) is 133 cm³/mol. The highest BCUT2D eigenvalue weighted by atomic mass is 16.2. The van der Waals surface area contributed by atoms with Gasteiger partial charge in [0.05, 0.1) is 17.3 Å². The zero-order valence-corrected chi connectivity index (χ0v) is 19.4. The predicted octanol–water partition coefficient (Wildman–Crippen LogP) is 5.18. The van der Waals surface area contributed by atoms with Crippen molar-refractivity contribution in [3.05, 3.63) is 72.1 Å². The molecule has 0 spiro atoms. The Morgan fingerprint density at radius 1 is 1.00 bits per heavy atom. The van der Waals surface area contributed by atoms with Crippen LogP contribution in [-0.2, 0) is 0 Å². The van der Waals surface area contributed by atoms with Crippen molar-refractivity contribution in [1.29, 1.82) is 0 Å². The number of aromatic amines is 1. The SMILES string of the molecule is Cc1ccnc(C)c1-c1cnc2[nH]cc(-c3ccn4ncc(C(=O)N5CCCCC5)c4c3)c2c1. The van der Waals surface area contributed by atoms with E-state index in [2.05, 4.69) is 39.1 Å². The molecule has 0 saturated carbocycles. The summed E-state index contributed by atoms with van der Waals surface area (Å²) in [5, 5.41) is 5.47. The molecular formula is C27H26N6O. The van der Waals surface area contributed by atoms with E-state index >= 15 is 0 Å². The zero-order chi connectivity index (χ0) is 23.2. The van der Waals surface area contributed by atoms with Crippen molar-refractivity contribution < 1.29 is 4.79 Å².